The summed E-state index contributed by atoms with van der Waals surface area (Å²) < 4.78 is 38.6. The predicted molar refractivity (Wildman–Crippen MR) is 119 cm³/mol. The lowest BCUT2D eigenvalue weighted by Gasteiger charge is -2.32. The molecule has 1 aliphatic rings. The lowest BCUT2D eigenvalue weighted by molar-refractivity contribution is -0.112. The number of para-hydroxylation sites is 1. The Morgan fingerprint density at radius 2 is 1.83 bits per heavy atom. The van der Waals surface area contributed by atoms with Crippen molar-refractivity contribution in [3.8, 4) is 11.5 Å². The average Bonchev–Trinajstić information content (AvgIpc) is 2.71. The van der Waals surface area contributed by atoms with E-state index in [9.17, 15) is 13.2 Å². The van der Waals surface area contributed by atoms with Gasteiger partial charge in [0, 0.05) is 11.6 Å². The fraction of sp³-hybridized carbons (Fsp3) is 0.190. The Bertz CT molecular complexity index is 1160. The number of nitrogens with zero attached hydrogens (tertiary/aromatic N) is 1. The summed E-state index contributed by atoms with van der Waals surface area (Å²) >= 11 is 6.11. The van der Waals surface area contributed by atoms with Crippen LogP contribution in [0.2, 0.25) is 5.02 Å². The van der Waals surface area contributed by atoms with Gasteiger partial charge in [0.1, 0.15) is 0 Å². The number of hydrogen-bond donors (Lipinski definition) is 1. The summed E-state index contributed by atoms with van der Waals surface area (Å²) in [5.41, 5.74) is 1.51. The van der Waals surface area contributed by atoms with E-state index in [1.165, 1.54) is 20.3 Å². The van der Waals surface area contributed by atoms with Crippen molar-refractivity contribution in [2.45, 2.75) is 6.92 Å². The van der Waals surface area contributed by atoms with Crippen molar-refractivity contribution in [1.82, 2.24) is 0 Å². The summed E-state index contributed by atoms with van der Waals surface area (Å²) in [6.07, 6.45) is 1.45. The van der Waals surface area contributed by atoms with Gasteiger partial charge in [-0.3, -0.25) is 9.10 Å². The topological polar surface area (TPSA) is 84.9 Å². The normalized spacial score (nSPS) is 14.7. The highest BCUT2D eigenvalue weighted by Crippen LogP contribution is 2.45. The number of ether oxygens (including phenoxy) is 2. The van der Waals surface area contributed by atoms with E-state index < -0.39 is 15.9 Å². The largest absolute Gasteiger partial charge is 0.493 e. The van der Waals surface area contributed by atoms with E-state index in [4.69, 9.17) is 21.1 Å². The van der Waals surface area contributed by atoms with Gasteiger partial charge in [-0.2, -0.15) is 0 Å². The molecule has 0 aliphatic carbocycles. The lowest BCUT2D eigenvalue weighted by atomic mass is 10.0. The van der Waals surface area contributed by atoms with Crippen LogP contribution in [0.5, 0.6) is 11.5 Å². The summed E-state index contributed by atoms with van der Waals surface area (Å²) in [6.45, 7) is 5.19. The van der Waals surface area contributed by atoms with Crippen LogP contribution < -0.4 is 19.1 Å². The molecule has 7 nitrogen and oxygen atoms in total. The van der Waals surface area contributed by atoms with Gasteiger partial charge in [-0.05, 0) is 30.7 Å². The van der Waals surface area contributed by atoms with Gasteiger partial charge in [0.2, 0.25) is 0 Å². The second kappa shape index (κ2) is 8.41. The van der Waals surface area contributed by atoms with Crippen molar-refractivity contribution < 1.29 is 22.7 Å². The van der Waals surface area contributed by atoms with Crippen LogP contribution in [0.1, 0.15) is 12.5 Å². The molecule has 1 N–H and O–H groups in total. The predicted octanol–water partition coefficient (Wildman–Crippen LogP) is 4.06. The highest BCUT2D eigenvalue weighted by molar-refractivity contribution is 7.97. The Kier molecular flexibility index (Phi) is 6.09. The van der Waals surface area contributed by atoms with E-state index in [-0.39, 0.29) is 17.0 Å². The van der Waals surface area contributed by atoms with Gasteiger partial charge in [0.15, 0.2) is 16.4 Å². The van der Waals surface area contributed by atoms with Gasteiger partial charge < -0.3 is 14.8 Å². The number of amides is 1. The zero-order chi connectivity index (χ0) is 22.1. The van der Waals surface area contributed by atoms with Crippen molar-refractivity contribution in [3.63, 3.8) is 0 Å². The van der Waals surface area contributed by atoms with Crippen molar-refractivity contribution in [1.29, 1.82) is 0 Å². The molecule has 0 radical (unpaired) electrons. The number of sulfonamides is 1. The standard InChI is InChI=1S/C21H21ClN2O5S/c1-5-10-24-17-12-19(29-4)18(28-3)11-14(17)13(2)20(30(24,26)27)21(25)23-16-9-7-6-8-15(16)22/h5-9,11-12H,1,10H2,2-4H3,(H,23,25). The average molecular weight is 449 g/mol. The molecule has 1 heterocycles. The van der Waals surface area contributed by atoms with Crippen LogP contribution in [0, 0.1) is 0 Å². The first-order valence-corrected chi connectivity index (χ1v) is 10.7. The van der Waals surface area contributed by atoms with E-state index in [1.54, 1.807) is 43.3 Å². The summed E-state index contributed by atoms with van der Waals surface area (Å²) in [4.78, 5) is 12.7. The number of allylic oxidation sites excluding steroid dienone is 1. The van der Waals surface area contributed by atoms with Gasteiger partial charge in [-0.25, -0.2) is 8.42 Å². The Balaban J connectivity index is 2.22. The summed E-state index contributed by atoms with van der Waals surface area (Å²) in [6, 6.07) is 9.81. The molecule has 2 aromatic rings. The molecule has 3 rings (SSSR count). The first kappa shape index (κ1) is 21.7. The third-order valence-electron chi connectivity index (χ3n) is 4.69. The molecule has 0 saturated heterocycles. The first-order chi connectivity index (χ1) is 14.3. The van der Waals surface area contributed by atoms with E-state index in [1.807, 2.05) is 0 Å². The number of benzene rings is 2. The Labute approximate surface area is 180 Å². The van der Waals surface area contributed by atoms with Crippen LogP contribution in [0.4, 0.5) is 11.4 Å². The van der Waals surface area contributed by atoms with Gasteiger partial charge >= 0.3 is 0 Å². The zero-order valence-electron chi connectivity index (χ0n) is 16.7. The third-order valence-corrected chi connectivity index (χ3v) is 6.95. The van der Waals surface area contributed by atoms with Crippen LogP contribution in [0.15, 0.2) is 54.0 Å². The molecule has 1 amide bonds. The minimum absolute atomic E-state index is 0.0268. The summed E-state index contributed by atoms with van der Waals surface area (Å²) in [7, 11) is -1.23. The number of carbonyl (C=O) groups excluding carboxylic acids is 1. The van der Waals surface area contributed by atoms with Crippen LogP contribution in [-0.2, 0) is 14.8 Å². The molecule has 0 atom stereocenters. The number of rotatable bonds is 6. The van der Waals surface area contributed by atoms with Crippen LogP contribution in [-0.4, -0.2) is 35.1 Å². The fourth-order valence-electron chi connectivity index (χ4n) is 3.27. The molecule has 2 aromatic carbocycles. The van der Waals surface area contributed by atoms with Gasteiger partial charge in [0.05, 0.1) is 37.2 Å². The molecule has 1 aliphatic heterocycles. The van der Waals surface area contributed by atoms with Crippen molar-refractivity contribution in [2.75, 3.05) is 30.4 Å². The van der Waals surface area contributed by atoms with E-state index in [0.717, 1.165) is 4.31 Å². The molecule has 0 aromatic heterocycles. The van der Waals surface area contributed by atoms with Crippen molar-refractivity contribution >= 4 is 44.5 Å². The maximum atomic E-state index is 13.4. The molecule has 0 fully saturated rings. The smallest absolute Gasteiger partial charge is 0.270 e. The summed E-state index contributed by atoms with van der Waals surface area (Å²) in [5.74, 6) is 0.00620. The molecular weight excluding hydrogens is 428 g/mol. The number of anilines is 2. The van der Waals surface area contributed by atoms with E-state index in [2.05, 4.69) is 11.9 Å². The quantitative estimate of drug-likeness (QED) is 0.673. The van der Waals surface area contributed by atoms with Gasteiger partial charge in [-0.15, -0.1) is 6.58 Å². The Morgan fingerprint density at radius 3 is 2.43 bits per heavy atom. The maximum absolute atomic E-state index is 13.4. The number of halogens is 1. The fourth-order valence-corrected chi connectivity index (χ4v) is 5.17. The molecule has 158 valence electrons. The number of nitrogens with one attached hydrogen (secondary N) is 1. The molecule has 0 spiro atoms. The van der Waals surface area contributed by atoms with Gasteiger partial charge in [-0.1, -0.05) is 29.8 Å². The second-order valence-corrected chi connectivity index (χ2v) is 8.64. The molecular formula is C21H21ClN2O5S. The van der Waals surface area contributed by atoms with Crippen LogP contribution in [0.25, 0.3) is 5.57 Å². The van der Waals surface area contributed by atoms with E-state index >= 15 is 0 Å². The van der Waals surface area contributed by atoms with Crippen LogP contribution >= 0.6 is 11.6 Å². The minimum Gasteiger partial charge on any atom is -0.493 e. The maximum Gasteiger partial charge on any atom is 0.270 e. The SMILES string of the molecule is C=CCN1c2cc(OC)c(OC)cc2C(C)=C(C(=O)Nc2ccccc2Cl)S1(=O)=O. The highest BCUT2D eigenvalue weighted by Gasteiger charge is 2.40. The summed E-state index contributed by atoms with van der Waals surface area (Å²) in [5, 5.41) is 2.89. The first-order valence-electron chi connectivity index (χ1n) is 8.93. The second-order valence-electron chi connectivity index (χ2n) is 6.44. The Hall–Kier alpha value is -2.97. The lowest BCUT2D eigenvalue weighted by Crippen LogP contribution is -2.39. The zero-order valence-corrected chi connectivity index (χ0v) is 18.3. The van der Waals surface area contributed by atoms with Crippen molar-refractivity contribution in [2.24, 2.45) is 0 Å². The molecule has 0 bridgehead atoms. The third kappa shape index (κ3) is 3.64. The number of hydrogen-bond acceptors (Lipinski definition) is 5. The Morgan fingerprint density at radius 1 is 1.20 bits per heavy atom. The number of carbonyl (C=O) groups is 1. The van der Waals surface area contributed by atoms with Crippen molar-refractivity contribution in [3.05, 3.63) is 64.5 Å². The molecule has 30 heavy (non-hydrogen) atoms. The van der Waals surface area contributed by atoms with Gasteiger partial charge in [0.25, 0.3) is 15.9 Å². The minimum atomic E-state index is -4.18. The molecule has 0 saturated carbocycles. The number of methoxy groups -OCH3 is 2. The molecule has 9 heteroatoms. The monoisotopic (exact) mass is 448 g/mol. The highest BCUT2D eigenvalue weighted by atomic mass is 35.5. The molecule has 0 unspecified atom stereocenters. The van der Waals surface area contributed by atoms with Crippen LogP contribution in [0.3, 0.4) is 0 Å². The van der Waals surface area contributed by atoms with E-state index in [0.29, 0.717) is 33.5 Å². The number of fused-ring (bicyclic) bond motifs is 1.